The van der Waals surface area contributed by atoms with Crippen LogP contribution in [0.4, 0.5) is 5.82 Å². The maximum Gasteiger partial charge on any atom is 0.274 e. The van der Waals surface area contributed by atoms with Crippen LogP contribution in [-0.4, -0.2) is 34.8 Å². The van der Waals surface area contributed by atoms with E-state index in [1.54, 1.807) is 7.05 Å². The number of nitrogens with zero attached hydrogens (tertiary/aromatic N) is 3. The number of aryl methyl sites for hydroxylation is 2. The van der Waals surface area contributed by atoms with E-state index in [-0.39, 0.29) is 17.6 Å². The number of aromatic nitrogens is 2. The third kappa shape index (κ3) is 3.35. The minimum Gasteiger partial charge on any atom is -0.364 e. The SMILES string of the molecule is Cc1cccc2c(=O)n(C)nc(N[C@@H](C)[C@H](c3ccccc3)N(C)C)c12. The molecule has 0 aliphatic rings. The van der Waals surface area contributed by atoms with Gasteiger partial charge in [-0.15, -0.1) is 0 Å². The summed E-state index contributed by atoms with van der Waals surface area (Å²) in [6.45, 7) is 4.16. The Kier molecular flexibility index (Phi) is 5.09. The maximum atomic E-state index is 12.4. The molecule has 0 aliphatic carbocycles. The predicted octanol–water partition coefficient (Wildman–Crippen LogP) is 3.35. The average Bonchev–Trinajstić information content (AvgIpc) is 2.60. The van der Waals surface area contributed by atoms with Crippen LogP contribution in [0.5, 0.6) is 0 Å². The minimum absolute atomic E-state index is 0.0749. The van der Waals surface area contributed by atoms with Gasteiger partial charge in [-0.2, -0.15) is 5.10 Å². The lowest BCUT2D eigenvalue weighted by Crippen LogP contribution is -2.35. The highest BCUT2D eigenvalue weighted by molar-refractivity contribution is 5.93. The molecule has 3 aromatic rings. The molecule has 136 valence electrons. The number of likely N-dealkylation sites (N-methyl/N-ethyl adjacent to an activating group) is 1. The number of hydrogen-bond acceptors (Lipinski definition) is 4. The smallest absolute Gasteiger partial charge is 0.274 e. The van der Waals surface area contributed by atoms with Crippen molar-refractivity contribution in [3.8, 4) is 0 Å². The molecule has 0 aliphatic heterocycles. The molecule has 2 atom stereocenters. The van der Waals surface area contributed by atoms with Crippen molar-refractivity contribution < 1.29 is 0 Å². The van der Waals surface area contributed by atoms with Crippen molar-refractivity contribution in [2.45, 2.75) is 25.9 Å². The first-order chi connectivity index (χ1) is 12.4. The fourth-order valence-electron chi connectivity index (χ4n) is 3.66. The van der Waals surface area contributed by atoms with E-state index in [4.69, 9.17) is 0 Å². The van der Waals surface area contributed by atoms with Crippen LogP contribution in [0.1, 0.15) is 24.1 Å². The van der Waals surface area contributed by atoms with Crippen LogP contribution < -0.4 is 10.9 Å². The van der Waals surface area contributed by atoms with E-state index < -0.39 is 0 Å². The molecule has 0 radical (unpaired) electrons. The molecule has 0 saturated carbocycles. The molecule has 2 aromatic carbocycles. The molecule has 0 amide bonds. The van der Waals surface area contributed by atoms with Gasteiger partial charge in [-0.05, 0) is 45.1 Å². The second-order valence-electron chi connectivity index (χ2n) is 7.03. The van der Waals surface area contributed by atoms with Gasteiger partial charge in [-0.3, -0.25) is 4.79 Å². The summed E-state index contributed by atoms with van der Waals surface area (Å²) in [5.41, 5.74) is 2.21. The van der Waals surface area contributed by atoms with E-state index >= 15 is 0 Å². The highest BCUT2D eigenvalue weighted by Gasteiger charge is 2.23. The lowest BCUT2D eigenvalue weighted by Gasteiger charge is -2.31. The number of fused-ring (bicyclic) bond motifs is 1. The third-order valence-corrected chi connectivity index (χ3v) is 4.82. The van der Waals surface area contributed by atoms with Crippen LogP contribution in [0.25, 0.3) is 10.8 Å². The molecule has 0 unspecified atom stereocenters. The maximum absolute atomic E-state index is 12.4. The van der Waals surface area contributed by atoms with Crippen molar-refractivity contribution in [1.82, 2.24) is 14.7 Å². The summed E-state index contributed by atoms with van der Waals surface area (Å²) >= 11 is 0. The van der Waals surface area contributed by atoms with Gasteiger partial charge in [0.05, 0.1) is 11.4 Å². The number of nitrogens with one attached hydrogen (secondary N) is 1. The fourth-order valence-corrected chi connectivity index (χ4v) is 3.66. The first kappa shape index (κ1) is 18.1. The van der Waals surface area contributed by atoms with Gasteiger partial charge in [0.15, 0.2) is 5.82 Å². The second-order valence-corrected chi connectivity index (χ2v) is 7.03. The highest BCUT2D eigenvalue weighted by atomic mass is 16.1. The molecule has 0 spiro atoms. The van der Waals surface area contributed by atoms with E-state index in [2.05, 4.69) is 60.6 Å². The summed E-state index contributed by atoms with van der Waals surface area (Å²) in [5, 5.41) is 9.66. The number of hydrogen-bond donors (Lipinski definition) is 1. The molecule has 5 heteroatoms. The molecule has 1 heterocycles. The Labute approximate surface area is 154 Å². The Bertz CT molecular complexity index is 963. The van der Waals surface area contributed by atoms with E-state index in [9.17, 15) is 4.79 Å². The molecule has 5 nitrogen and oxygen atoms in total. The van der Waals surface area contributed by atoms with E-state index in [1.807, 2.05) is 31.2 Å². The number of benzene rings is 2. The molecule has 1 N–H and O–H groups in total. The Morgan fingerprint density at radius 3 is 2.42 bits per heavy atom. The number of anilines is 1. The summed E-state index contributed by atoms with van der Waals surface area (Å²) < 4.78 is 1.41. The number of rotatable bonds is 5. The lowest BCUT2D eigenvalue weighted by molar-refractivity contribution is 0.275. The fraction of sp³-hybridized carbons (Fsp3) is 0.333. The van der Waals surface area contributed by atoms with E-state index in [0.717, 1.165) is 16.8 Å². The highest BCUT2D eigenvalue weighted by Crippen LogP contribution is 2.27. The van der Waals surface area contributed by atoms with Gasteiger partial charge in [0.25, 0.3) is 5.56 Å². The molecule has 26 heavy (non-hydrogen) atoms. The molecule has 0 fully saturated rings. The first-order valence-corrected chi connectivity index (χ1v) is 8.84. The van der Waals surface area contributed by atoms with Gasteiger partial charge >= 0.3 is 0 Å². The Hall–Kier alpha value is -2.66. The lowest BCUT2D eigenvalue weighted by atomic mass is 9.99. The Morgan fingerprint density at radius 1 is 1.08 bits per heavy atom. The zero-order valence-electron chi connectivity index (χ0n) is 16.0. The third-order valence-electron chi connectivity index (χ3n) is 4.82. The second kappa shape index (κ2) is 7.30. The molecule has 3 rings (SSSR count). The van der Waals surface area contributed by atoms with E-state index in [0.29, 0.717) is 5.39 Å². The van der Waals surface area contributed by atoms with Crippen LogP contribution in [0, 0.1) is 6.92 Å². The average molecular weight is 350 g/mol. The van der Waals surface area contributed by atoms with Crippen LogP contribution in [0.15, 0.2) is 53.3 Å². The van der Waals surface area contributed by atoms with Gasteiger partial charge in [0.2, 0.25) is 0 Å². The normalized spacial score (nSPS) is 13.8. The van der Waals surface area contributed by atoms with Gasteiger partial charge in [-0.1, -0.05) is 42.5 Å². The monoisotopic (exact) mass is 350 g/mol. The van der Waals surface area contributed by atoms with Crippen molar-refractivity contribution >= 4 is 16.6 Å². The molecular formula is C21H26N4O. The van der Waals surface area contributed by atoms with Crippen LogP contribution in [-0.2, 0) is 7.05 Å². The van der Waals surface area contributed by atoms with Crippen LogP contribution >= 0.6 is 0 Å². The first-order valence-electron chi connectivity index (χ1n) is 8.84. The summed E-state index contributed by atoms with van der Waals surface area (Å²) in [7, 11) is 5.85. The van der Waals surface area contributed by atoms with Gasteiger partial charge in [0, 0.05) is 18.5 Å². The quantitative estimate of drug-likeness (QED) is 0.767. The van der Waals surface area contributed by atoms with Gasteiger partial charge in [-0.25, -0.2) is 4.68 Å². The summed E-state index contributed by atoms with van der Waals surface area (Å²) in [6, 6.07) is 16.5. The molecule has 0 saturated heterocycles. The summed E-state index contributed by atoms with van der Waals surface area (Å²) in [5.74, 6) is 0.746. The Morgan fingerprint density at radius 2 is 1.77 bits per heavy atom. The molecule has 1 aromatic heterocycles. The van der Waals surface area contributed by atoms with Crippen molar-refractivity contribution in [2.24, 2.45) is 7.05 Å². The minimum atomic E-state index is -0.0749. The zero-order valence-corrected chi connectivity index (χ0v) is 16.0. The topological polar surface area (TPSA) is 50.2 Å². The zero-order chi connectivity index (χ0) is 18.8. The molecule has 0 bridgehead atoms. The van der Waals surface area contributed by atoms with Crippen LogP contribution in [0.3, 0.4) is 0 Å². The van der Waals surface area contributed by atoms with Crippen molar-refractivity contribution in [2.75, 3.05) is 19.4 Å². The summed E-state index contributed by atoms with van der Waals surface area (Å²) in [6.07, 6.45) is 0. The Balaban J connectivity index is 2.05. The molecular weight excluding hydrogens is 324 g/mol. The summed E-state index contributed by atoms with van der Waals surface area (Å²) in [4.78, 5) is 14.6. The van der Waals surface area contributed by atoms with E-state index in [1.165, 1.54) is 10.2 Å². The van der Waals surface area contributed by atoms with Crippen molar-refractivity contribution in [1.29, 1.82) is 0 Å². The van der Waals surface area contributed by atoms with Crippen molar-refractivity contribution in [3.05, 3.63) is 70.0 Å². The van der Waals surface area contributed by atoms with Gasteiger partial charge < -0.3 is 10.2 Å². The van der Waals surface area contributed by atoms with Crippen molar-refractivity contribution in [3.63, 3.8) is 0 Å². The van der Waals surface area contributed by atoms with Gasteiger partial charge in [0.1, 0.15) is 0 Å². The largest absolute Gasteiger partial charge is 0.364 e. The van der Waals surface area contributed by atoms with Crippen LogP contribution in [0.2, 0.25) is 0 Å². The predicted molar refractivity (Wildman–Crippen MR) is 108 cm³/mol. The standard InChI is InChI=1S/C21H26N4O/c1-14-10-9-13-17-18(14)20(23-25(5)21(17)26)22-15(2)19(24(3)4)16-11-7-6-8-12-16/h6-13,15,19H,1-5H3,(H,22,23)/t15-,19+/m0/s1.